The SMILES string of the molecule is Cc1ccc(Nc2nc(-c3ccccc3)nc(C)c2CNc2ccc(F)cc2)cc1. The molecule has 4 aromatic rings. The van der Waals surface area contributed by atoms with Crippen LogP contribution in [0.1, 0.15) is 16.8 Å². The third-order valence-corrected chi connectivity index (χ3v) is 4.87. The molecule has 3 aromatic carbocycles. The summed E-state index contributed by atoms with van der Waals surface area (Å²) in [5.74, 6) is 1.17. The molecular formula is C25H23FN4. The van der Waals surface area contributed by atoms with Crippen molar-refractivity contribution in [3.8, 4) is 11.4 Å². The van der Waals surface area contributed by atoms with Crippen molar-refractivity contribution in [1.82, 2.24) is 9.97 Å². The van der Waals surface area contributed by atoms with Crippen molar-refractivity contribution in [2.75, 3.05) is 10.6 Å². The van der Waals surface area contributed by atoms with Crippen LogP contribution in [-0.4, -0.2) is 9.97 Å². The standard InChI is InChI=1S/C25H23FN4/c1-17-8-12-22(13-9-17)29-25-23(16-27-21-14-10-20(26)11-15-21)18(2)28-24(30-25)19-6-4-3-5-7-19/h3-15,27H,16H2,1-2H3,(H,28,29,30). The summed E-state index contributed by atoms with van der Waals surface area (Å²) < 4.78 is 13.2. The molecule has 5 heteroatoms. The zero-order valence-electron chi connectivity index (χ0n) is 17.0. The Morgan fingerprint density at radius 2 is 1.43 bits per heavy atom. The average Bonchev–Trinajstić information content (AvgIpc) is 2.76. The maximum atomic E-state index is 13.2. The molecule has 0 amide bonds. The molecule has 1 heterocycles. The van der Waals surface area contributed by atoms with Crippen molar-refractivity contribution in [3.05, 3.63) is 102 Å². The Labute approximate surface area is 175 Å². The first kappa shape index (κ1) is 19.6. The van der Waals surface area contributed by atoms with Gasteiger partial charge in [0.15, 0.2) is 5.82 Å². The van der Waals surface area contributed by atoms with Crippen LogP contribution in [0.15, 0.2) is 78.9 Å². The van der Waals surface area contributed by atoms with Gasteiger partial charge in [-0.2, -0.15) is 0 Å². The fraction of sp³-hybridized carbons (Fsp3) is 0.120. The van der Waals surface area contributed by atoms with Crippen LogP contribution in [0.4, 0.5) is 21.6 Å². The number of nitrogens with one attached hydrogen (secondary N) is 2. The first-order chi connectivity index (χ1) is 14.6. The average molecular weight is 398 g/mol. The van der Waals surface area contributed by atoms with Crippen LogP contribution in [0, 0.1) is 19.7 Å². The van der Waals surface area contributed by atoms with Gasteiger partial charge >= 0.3 is 0 Å². The van der Waals surface area contributed by atoms with Gasteiger partial charge in [0.1, 0.15) is 11.6 Å². The Morgan fingerprint density at radius 1 is 0.767 bits per heavy atom. The molecule has 2 N–H and O–H groups in total. The number of aryl methyl sites for hydroxylation is 2. The highest BCUT2D eigenvalue weighted by molar-refractivity contribution is 5.65. The van der Waals surface area contributed by atoms with Gasteiger partial charge in [-0.25, -0.2) is 14.4 Å². The monoisotopic (exact) mass is 398 g/mol. The van der Waals surface area contributed by atoms with Gasteiger partial charge in [0, 0.05) is 34.7 Å². The summed E-state index contributed by atoms with van der Waals surface area (Å²) in [5.41, 5.74) is 5.80. The Kier molecular flexibility index (Phi) is 5.70. The highest BCUT2D eigenvalue weighted by Crippen LogP contribution is 2.26. The summed E-state index contributed by atoms with van der Waals surface area (Å²) in [6.07, 6.45) is 0. The van der Waals surface area contributed by atoms with Gasteiger partial charge < -0.3 is 10.6 Å². The van der Waals surface area contributed by atoms with Crippen LogP contribution in [0.25, 0.3) is 11.4 Å². The van der Waals surface area contributed by atoms with Gasteiger partial charge in [0.05, 0.1) is 0 Å². The molecule has 0 aliphatic rings. The maximum absolute atomic E-state index is 13.2. The van der Waals surface area contributed by atoms with Crippen molar-refractivity contribution in [1.29, 1.82) is 0 Å². The van der Waals surface area contributed by atoms with Crippen molar-refractivity contribution >= 4 is 17.2 Å². The van der Waals surface area contributed by atoms with Gasteiger partial charge in [0.25, 0.3) is 0 Å². The number of aromatic nitrogens is 2. The molecule has 0 radical (unpaired) electrons. The topological polar surface area (TPSA) is 49.8 Å². The molecule has 0 fully saturated rings. The van der Waals surface area contributed by atoms with Gasteiger partial charge in [-0.15, -0.1) is 0 Å². The second-order valence-corrected chi connectivity index (χ2v) is 7.18. The van der Waals surface area contributed by atoms with E-state index in [0.717, 1.165) is 34.0 Å². The molecule has 0 spiro atoms. The molecule has 0 aliphatic carbocycles. The Morgan fingerprint density at radius 3 is 2.13 bits per heavy atom. The highest BCUT2D eigenvalue weighted by atomic mass is 19.1. The van der Waals surface area contributed by atoms with Gasteiger partial charge in [-0.05, 0) is 50.2 Å². The van der Waals surface area contributed by atoms with Crippen molar-refractivity contribution < 1.29 is 4.39 Å². The summed E-state index contributed by atoms with van der Waals surface area (Å²) in [4.78, 5) is 9.56. The third-order valence-electron chi connectivity index (χ3n) is 4.87. The van der Waals surface area contributed by atoms with Crippen LogP contribution in [0.5, 0.6) is 0 Å². The number of hydrogen-bond acceptors (Lipinski definition) is 4. The van der Waals surface area contributed by atoms with Crippen LogP contribution in [-0.2, 0) is 6.54 Å². The lowest BCUT2D eigenvalue weighted by Gasteiger charge is -2.16. The molecule has 0 bridgehead atoms. The van der Waals surface area contributed by atoms with E-state index >= 15 is 0 Å². The summed E-state index contributed by atoms with van der Waals surface area (Å²) in [6, 6.07) is 24.4. The lowest BCUT2D eigenvalue weighted by atomic mass is 10.1. The molecule has 0 saturated heterocycles. The molecule has 4 rings (SSSR count). The molecule has 30 heavy (non-hydrogen) atoms. The lowest BCUT2D eigenvalue weighted by Crippen LogP contribution is -2.10. The maximum Gasteiger partial charge on any atom is 0.161 e. The van der Waals surface area contributed by atoms with Crippen LogP contribution >= 0.6 is 0 Å². The van der Waals surface area contributed by atoms with Crippen molar-refractivity contribution in [2.45, 2.75) is 20.4 Å². The Balaban J connectivity index is 1.69. The van der Waals surface area contributed by atoms with E-state index in [1.54, 1.807) is 12.1 Å². The van der Waals surface area contributed by atoms with E-state index < -0.39 is 0 Å². The van der Waals surface area contributed by atoms with E-state index in [2.05, 4.69) is 29.7 Å². The van der Waals surface area contributed by atoms with E-state index in [1.807, 2.05) is 49.4 Å². The van der Waals surface area contributed by atoms with E-state index in [1.165, 1.54) is 17.7 Å². The van der Waals surface area contributed by atoms with Gasteiger partial charge in [-0.1, -0.05) is 48.0 Å². The molecule has 0 unspecified atom stereocenters. The molecule has 4 nitrogen and oxygen atoms in total. The highest BCUT2D eigenvalue weighted by Gasteiger charge is 2.13. The predicted octanol–water partition coefficient (Wildman–Crippen LogP) is 6.26. The van der Waals surface area contributed by atoms with E-state index in [-0.39, 0.29) is 5.82 Å². The number of benzene rings is 3. The lowest BCUT2D eigenvalue weighted by molar-refractivity contribution is 0.628. The molecule has 0 atom stereocenters. The molecular weight excluding hydrogens is 375 g/mol. The van der Waals surface area contributed by atoms with E-state index in [0.29, 0.717) is 12.4 Å². The minimum absolute atomic E-state index is 0.256. The number of rotatable bonds is 6. The summed E-state index contributed by atoms with van der Waals surface area (Å²) >= 11 is 0. The zero-order chi connectivity index (χ0) is 20.9. The fourth-order valence-electron chi connectivity index (χ4n) is 3.16. The second-order valence-electron chi connectivity index (χ2n) is 7.18. The van der Waals surface area contributed by atoms with E-state index in [9.17, 15) is 4.39 Å². The minimum Gasteiger partial charge on any atom is -0.381 e. The van der Waals surface area contributed by atoms with Crippen LogP contribution in [0.2, 0.25) is 0 Å². The largest absolute Gasteiger partial charge is 0.381 e. The van der Waals surface area contributed by atoms with Crippen LogP contribution < -0.4 is 10.6 Å². The number of hydrogen-bond donors (Lipinski definition) is 2. The molecule has 1 aromatic heterocycles. The quantitative estimate of drug-likeness (QED) is 0.403. The smallest absolute Gasteiger partial charge is 0.161 e. The number of halogens is 1. The van der Waals surface area contributed by atoms with Gasteiger partial charge in [-0.3, -0.25) is 0 Å². The fourth-order valence-corrected chi connectivity index (χ4v) is 3.16. The Hall–Kier alpha value is -3.73. The minimum atomic E-state index is -0.256. The van der Waals surface area contributed by atoms with Gasteiger partial charge in [0.2, 0.25) is 0 Å². The Bertz CT molecular complexity index is 1120. The number of anilines is 3. The predicted molar refractivity (Wildman–Crippen MR) is 120 cm³/mol. The molecule has 0 saturated carbocycles. The third kappa shape index (κ3) is 4.63. The second kappa shape index (κ2) is 8.74. The summed E-state index contributed by atoms with van der Waals surface area (Å²) in [5, 5.41) is 6.78. The van der Waals surface area contributed by atoms with E-state index in [4.69, 9.17) is 9.97 Å². The summed E-state index contributed by atoms with van der Waals surface area (Å²) in [7, 11) is 0. The first-order valence-electron chi connectivity index (χ1n) is 9.84. The normalized spacial score (nSPS) is 10.6. The molecule has 0 aliphatic heterocycles. The van der Waals surface area contributed by atoms with Crippen LogP contribution in [0.3, 0.4) is 0 Å². The van der Waals surface area contributed by atoms with Crippen molar-refractivity contribution in [3.63, 3.8) is 0 Å². The molecule has 150 valence electrons. The zero-order valence-corrected chi connectivity index (χ0v) is 17.0. The van der Waals surface area contributed by atoms with Crippen molar-refractivity contribution in [2.24, 2.45) is 0 Å². The summed E-state index contributed by atoms with van der Waals surface area (Å²) in [6.45, 7) is 4.56. The number of nitrogens with zero attached hydrogens (tertiary/aromatic N) is 2. The first-order valence-corrected chi connectivity index (χ1v) is 9.84.